The molecule has 1 aromatic rings. The summed E-state index contributed by atoms with van der Waals surface area (Å²) in [5.41, 5.74) is 5.63. The van der Waals surface area contributed by atoms with Gasteiger partial charge in [0, 0.05) is 11.0 Å². The molecule has 0 aliphatic heterocycles. The molecule has 0 aliphatic rings. The first-order chi connectivity index (χ1) is 5.65. The number of rotatable bonds is 2. The minimum atomic E-state index is 0.492. The van der Waals surface area contributed by atoms with Crippen LogP contribution >= 0.6 is 15.9 Å². The molecule has 0 unspecified atom stereocenters. The van der Waals surface area contributed by atoms with Gasteiger partial charge in [-0.1, -0.05) is 22.0 Å². The van der Waals surface area contributed by atoms with Crippen LogP contribution in [0.4, 0.5) is 0 Å². The van der Waals surface area contributed by atoms with Gasteiger partial charge in [0.2, 0.25) is 0 Å². The summed E-state index contributed by atoms with van der Waals surface area (Å²) in [6, 6.07) is 4.12. The maximum atomic E-state index is 8.56. The Hall–Kier alpha value is -0.380. The van der Waals surface area contributed by atoms with Gasteiger partial charge in [0.05, 0.1) is 0 Å². The summed E-state index contributed by atoms with van der Waals surface area (Å²) < 4.78 is 1.09. The fraction of sp³-hybridized carbons (Fsp3) is 0.333. The van der Waals surface area contributed by atoms with Crippen molar-refractivity contribution in [2.75, 3.05) is 0 Å². The van der Waals surface area contributed by atoms with Gasteiger partial charge in [-0.2, -0.15) is 0 Å². The van der Waals surface area contributed by atoms with Crippen molar-refractivity contribution in [3.05, 3.63) is 33.3 Å². The van der Waals surface area contributed by atoms with Gasteiger partial charge in [0.15, 0.2) is 0 Å². The van der Waals surface area contributed by atoms with Crippen molar-refractivity contribution in [3.63, 3.8) is 0 Å². The lowest BCUT2D eigenvalue weighted by Crippen LogP contribution is -2.07. The fourth-order valence-electron chi connectivity index (χ4n) is 1.16. The van der Waals surface area contributed by atoms with E-state index in [9.17, 15) is 0 Å². The van der Waals surface area contributed by atoms with E-state index >= 15 is 0 Å². The molecular formula is C9H12BrNO. The van der Waals surface area contributed by atoms with Crippen molar-refractivity contribution in [2.24, 2.45) is 0 Å². The number of benzene rings is 1. The Morgan fingerprint density at radius 1 is 1.42 bits per heavy atom. The quantitative estimate of drug-likeness (QED) is 0.765. The monoisotopic (exact) mass is 229 g/mol. The molecule has 0 spiro atoms. The van der Waals surface area contributed by atoms with Crippen LogP contribution in [0.5, 0.6) is 0 Å². The Balaban J connectivity index is 3.09. The van der Waals surface area contributed by atoms with Crippen LogP contribution in [0, 0.1) is 13.8 Å². The van der Waals surface area contributed by atoms with Gasteiger partial charge in [0.25, 0.3) is 0 Å². The fourth-order valence-corrected chi connectivity index (χ4v) is 1.77. The minimum absolute atomic E-state index is 0.492. The number of hydroxylamine groups is 1. The second kappa shape index (κ2) is 4.03. The standard InChI is InChI=1S/C9H12BrNO/c1-6-3-8(5-11-12)7(2)9(10)4-6/h3-4,11-12H,5H2,1-2H3. The second-order valence-corrected chi connectivity index (χ2v) is 3.72. The van der Waals surface area contributed by atoms with Crippen molar-refractivity contribution >= 4 is 15.9 Å². The zero-order valence-corrected chi connectivity index (χ0v) is 8.77. The highest BCUT2D eigenvalue weighted by molar-refractivity contribution is 9.10. The predicted molar refractivity (Wildman–Crippen MR) is 52.2 cm³/mol. The van der Waals surface area contributed by atoms with Crippen LogP contribution in [0.15, 0.2) is 16.6 Å². The normalized spacial score (nSPS) is 10.3. The molecule has 0 atom stereocenters. The van der Waals surface area contributed by atoms with E-state index in [1.165, 1.54) is 11.1 Å². The van der Waals surface area contributed by atoms with Crippen LogP contribution in [0.3, 0.4) is 0 Å². The molecule has 0 bridgehead atoms. The van der Waals surface area contributed by atoms with Gasteiger partial charge >= 0.3 is 0 Å². The lowest BCUT2D eigenvalue weighted by Gasteiger charge is -2.07. The van der Waals surface area contributed by atoms with Gasteiger partial charge in [-0.05, 0) is 36.6 Å². The van der Waals surface area contributed by atoms with Crippen LogP contribution < -0.4 is 5.48 Å². The Labute approximate surface area is 80.7 Å². The third-order valence-electron chi connectivity index (χ3n) is 1.87. The summed E-state index contributed by atoms with van der Waals surface area (Å²) in [7, 11) is 0. The van der Waals surface area contributed by atoms with Gasteiger partial charge in [-0.15, -0.1) is 0 Å². The molecule has 2 nitrogen and oxygen atoms in total. The first kappa shape index (κ1) is 9.71. The number of hydrogen-bond acceptors (Lipinski definition) is 2. The zero-order valence-electron chi connectivity index (χ0n) is 7.19. The second-order valence-electron chi connectivity index (χ2n) is 2.87. The van der Waals surface area contributed by atoms with E-state index in [1.807, 2.05) is 13.8 Å². The Bertz CT molecular complexity index is 286. The van der Waals surface area contributed by atoms with E-state index in [4.69, 9.17) is 5.21 Å². The van der Waals surface area contributed by atoms with Crippen molar-refractivity contribution in [1.82, 2.24) is 5.48 Å². The SMILES string of the molecule is Cc1cc(Br)c(C)c(CNO)c1. The minimum Gasteiger partial charge on any atom is -0.316 e. The lowest BCUT2D eigenvalue weighted by atomic mass is 10.1. The predicted octanol–water partition coefficient (Wildman–Crippen LogP) is 2.54. The molecule has 0 saturated carbocycles. The zero-order chi connectivity index (χ0) is 9.14. The van der Waals surface area contributed by atoms with E-state index < -0.39 is 0 Å². The van der Waals surface area contributed by atoms with Gasteiger partial charge in [0.1, 0.15) is 0 Å². The van der Waals surface area contributed by atoms with Crippen molar-refractivity contribution in [2.45, 2.75) is 20.4 Å². The molecule has 0 radical (unpaired) electrons. The Kier molecular flexibility index (Phi) is 3.26. The summed E-state index contributed by atoms with van der Waals surface area (Å²) in [6.45, 7) is 4.55. The molecule has 0 aliphatic carbocycles. The molecule has 3 heteroatoms. The summed E-state index contributed by atoms with van der Waals surface area (Å²) >= 11 is 3.46. The lowest BCUT2D eigenvalue weighted by molar-refractivity contribution is 0.161. The van der Waals surface area contributed by atoms with E-state index in [2.05, 4.69) is 33.5 Å². The topological polar surface area (TPSA) is 32.3 Å². The van der Waals surface area contributed by atoms with Gasteiger partial charge in [-0.3, -0.25) is 0 Å². The highest BCUT2D eigenvalue weighted by atomic mass is 79.9. The molecule has 0 fully saturated rings. The highest BCUT2D eigenvalue weighted by Gasteiger charge is 2.02. The van der Waals surface area contributed by atoms with E-state index in [-0.39, 0.29) is 0 Å². The van der Waals surface area contributed by atoms with Crippen molar-refractivity contribution < 1.29 is 5.21 Å². The number of halogens is 1. The van der Waals surface area contributed by atoms with Crippen LogP contribution in [0.2, 0.25) is 0 Å². The molecular weight excluding hydrogens is 218 g/mol. The Morgan fingerprint density at radius 3 is 2.67 bits per heavy atom. The average molecular weight is 230 g/mol. The first-order valence-corrected chi connectivity index (χ1v) is 4.57. The molecule has 12 heavy (non-hydrogen) atoms. The van der Waals surface area contributed by atoms with Gasteiger partial charge < -0.3 is 5.21 Å². The molecule has 0 saturated heterocycles. The summed E-state index contributed by atoms with van der Waals surface area (Å²) in [4.78, 5) is 0. The van der Waals surface area contributed by atoms with E-state index in [0.717, 1.165) is 10.0 Å². The number of nitrogens with one attached hydrogen (secondary N) is 1. The van der Waals surface area contributed by atoms with Crippen LogP contribution in [0.1, 0.15) is 16.7 Å². The molecule has 1 rings (SSSR count). The van der Waals surface area contributed by atoms with E-state index in [0.29, 0.717) is 6.54 Å². The summed E-state index contributed by atoms with van der Waals surface area (Å²) in [5.74, 6) is 0. The highest BCUT2D eigenvalue weighted by Crippen LogP contribution is 2.21. The third kappa shape index (κ3) is 2.06. The van der Waals surface area contributed by atoms with Gasteiger partial charge in [-0.25, -0.2) is 5.48 Å². The first-order valence-electron chi connectivity index (χ1n) is 3.77. The largest absolute Gasteiger partial charge is 0.316 e. The molecule has 66 valence electrons. The van der Waals surface area contributed by atoms with Crippen molar-refractivity contribution in [1.29, 1.82) is 0 Å². The van der Waals surface area contributed by atoms with Crippen LogP contribution in [-0.4, -0.2) is 5.21 Å². The van der Waals surface area contributed by atoms with E-state index in [1.54, 1.807) is 0 Å². The molecule has 0 amide bonds. The summed E-state index contributed by atoms with van der Waals surface area (Å²) in [6.07, 6.45) is 0. The number of hydrogen-bond donors (Lipinski definition) is 2. The maximum Gasteiger partial charge on any atom is 0.0461 e. The molecule has 1 aromatic carbocycles. The average Bonchev–Trinajstić information content (AvgIpc) is 2.00. The van der Waals surface area contributed by atoms with Crippen molar-refractivity contribution in [3.8, 4) is 0 Å². The molecule has 2 N–H and O–H groups in total. The smallest absolute Gasteiger partial charge is 0.0461 e. The van der Waals surface area contributed by atoms with Crippen LogP contribution in [-0.2, 0) is 6.54 Å². The maximum absolute atomic E-state index is 8.56. The molecule has 0 heterocycles. The third-order valence-corrected chi connectivity index (χ3v) is 2.69. The number of aryl methyl sites for hydroxylation is 1. The Morgan fingerprint density at radius 2 is 2.08 bits per heavy atom. The summed E-state index contributed by atoms with van der Waals surface area (Å²) in [5, 5.41) is 8.56. The van der Waals surface area contributed by atoms with Crippen LogP contribution in [0.25, 0.3) is 0 Å². The molecule has 0 aromatic heterocycles.